The SMILES string of the molecule is Cc1cc(-c2sc(NC(=O)c3c(F)cccc3F)nc2C)ccn1. The first-order chi connectivity index (χ1) is 11.5. The summed E-state index contributed by atoms with van der Waals surface area (Å²) in [6, 6.07) is 7.03. The topological polar surface area (TPSA) is 54.9 Å². The zero-order chi connectivity index (χ0) is 17.3. The number of amides is 1. The summed E-state index contributed by atoms with van der Waals surface area (Å²) < 4.78 is 27.3. The van der Waals surface area contributed by atoms with Gasteiger partial charge in [0.25, 0.3) is 5.91 Å². The number of carbonyl (C=O) groups is 1. The molecule has 0 radical (unpaired) electrons. The second-order valence-corrected chi connectivity index (χ2v) is 6.17. The highest BCUT2D eigenvalue weighted by Gasteiger charge is 2.19. The quantitative estimate of drug-likeness (QED) is 0.768. The normalized spacial score (nSPS) is 10.7. The van der Waals surface area contributed by atoms with Crippen LogP contribution in [0.25, 0.3) is 10.4 Å². The highest BCUT2D eigenvalue weighted by molar-refractivity contribution is 7.19. The van der Waals surface area contributed by atoms with Gasteiger partial charge in [-0.2, -0.15) is 0 Å². The molecule has 0 fully saturated rings. The van der Waals surface area contributed by atoms with Crippen LogP contribution in [0.4, 0.5) is 13.9 Å². The molecule has 1 amide bonds. The number of anilines is 1. The third-order valence-electron chi connectivity index (χ3n) is 3.37. The van der Waals surface area contributed by atoms with Gasteiger partial charge in [0.05, 0.1) is 10.6 Å². The lowest BCUT2D eigenvalue weighted by atomic mass is 10.2. The van der Waals surface area contributed by atoms with Gasteiger partial charge in [0.1, 0.15) is 17.2 Å². The molecule has 1 N–H and O–H groups in total. The Morgan fingerprint density at radius 2 is 1.88 bits per heavy atom. The molecule has 2 aromatic heterocycles. The number of aromatic nitrogens is 2. The molecule has 0 aliphatic heterocycles. The number of pyridine rings is 1. The Bertz CT molecular complexity index is 904. The number of thiazole rings is 1. The van der Waals surface area contributed by atoms with E-state index in [1.807, 2.05) is 19.1 Å². The van der Waals surface area contributed by atoms with Gasteiger partial charge in [0, 0.05) is 11.9 Å². The van der Waals surface area contributed by atoms with Crippen LogP contribution < -0.4 is 5.32 Å². The average Bonchev–Trinajstić information content (AvgIpc) is 2.87. The molecule has 0 aliphatic carbocycles. The van der Waals surface area contributed by atoms with Crippen LogP contribution in [0.5, 0.6) is 0 Å². The first kappa shape index (κ1) is 16.2. The zero-order valence-corrected chi connectivity index (χ0v) is 13.7. The van der Waals surface area contributed by atoms with Gasteiger partial charge in [-0.15, -0.1) is 0 Å². The van der Waals surface area contributed by atoms with E-state index < -0.39 is 23.1 Å². The van der Waals surface area contributed by atoms with E-state index in [4.69, 9.17) is 0 Å². The van der Waals surface area contributed by atoms with Crippen LogP contribution in [0.2, 0.25) is 0 Å². The van der Waals surface area contributed by atoms with Gasteiger partial charge in [-0.1, -0.05) is 17.4 Å². The molecule has 7 heteroatoms. The molecule has 0 unspecified atom stereocenters. The summed E-state index contributed by atoms with van der Waals surface area (Å²) in [6.07, 6.45) is 1.69. The fourth-order valence-corrected chi connectivity index (χ4v) is 3.24. The van der Waals surface area contributed by atoms with Gasteiger partial charge in [0.15, 0.2) is 5.13 Å². The third kappa shape index (κ3) is 3.16. The van der Waals surface area contributed by atoms with Gasteiger partial charge in [-0.05, 0) is 43.7 Å². The van der Waals surface area contributed by atoms with Gasteiger partial charge in [-0.3, -0.25) is 15.1 Å². The molecule has 0 atom stereocenters. The lowest BCUT2D eigenvalue weighted by Gasteiger charge is -2.04. The fraction of sp³-hybridized carbons (Fsp3) is 0.118. The van der Waals surface area contributed by atoms with Crippen molar-refractivity contribution in [2.24, 2.45) is 0 Å². The maximum atomic E-state index is 13.7. The van der Waals surface area contributed by atoms with Crippen LogP contribution in [0.15, 0.2) is 36.5 Å². The Kier molecular flexibility index (Phi) is 4.35. The van der Waals surface area contributed by atoms with E-state index in [2.05, 4.69) is 15.3 Å². The van der Waals surface area contributed by atoms with Crippen molar-refractivity contribution in [1.82, 2.24) is 9.97 Å². The molecule has 0 bridgehead atoms. The van der Waals surface area contributed by atoms with Gasteiger partial charge < -0.3 is 0 Å². The Morgan fingerprint density at radius 1 is 1.17 bits per heavy atom. The fourth-order valence-electron chi connectivity index (χ4n) is 2.28. The summed E-state index contributed by atoms with van der Waals surface area (Å²) in [7, 11) is 0. The van der Waals surface area contributed by atoms with Crippen molar-refractivity contribution >= 4 is 22.4 Å². The number of carbonyl (C=O) groups excluding carboxylic acids is 1. The molecule has 1 aromatic carbocycles. The van der Waals surface area contributed by atoms with Crippen LogP contribution in [0.3, 0.4) is 0 Å². The molecule has 24 heavy (non-hydrogen) atoms. The number of halogens is 2. The van der Waals surface area contributed by atoms with Crippen LogP contribution >= 0.6 is 11.3 Å². The number of nitrogens with zero attached hydrogens (tertiary/aromatic N) is 2. The summed E-state index contributed by atoms with van der Waals surface area (Å²) in [4.78, 5) is 21.4. The number of hydrogen-bond acceptors (Lipinski definition) is 4. The van der Waals surface area contributed by atoms with E-state index in [1.165, 1.54) is 17.4 Å². The first-order valence-electron chi connectivity index (χ1n) is 7.11. The predicted molar refractivity (Wildman–Crippen MR) is 89.1 cm³/mol. The minimum absolute atomic E-state index is 0.282. The van der Waals surface area contributed by atoms with Crippen molar-refractivity contribution in [2.75, 3.05) is 5.32 Å². The maximum Gasteiger partial charge on any atom is 0.263 e. The smallest absolute Gasteiger partial charge is 0.263 e. The molecule has 4 nitrogen and oxygen atoms in total. The molecule has 0 saturated heterocycles. The number of nitrogens with one attached hydrogen (secondary N) is 1. The van der Waals surface area contributed by atoms with Crippen LogP contribution in [0.1, 0.15) is 21.7 Å². The van der Waals surface area contributed by atoms with Crippen molar-refractivity contribution in [2.45, 2.75) is 13.8 Å². The molecule has 0 aliphatic rings. The van der Waals surface area contributed by atoms with Crippen molar-refractivity contribution in [1.29, 1.82) is 0 Å². The van der Waals surface area contributed by atoms with E-state index in [-0.39, 0.29) is 5.13 Å². The highest BCUT2D eigenvalue weighted by Crippen LogP contribution is 2.33. The number of aryl methyl sites for hydroxylation is 2. The summed E-state index contributed by atoms with van der Waals surface area (Å²) >= 11 is 1.24. The highest BCUT2D eigenvalue weighted by atomic mass is 32.1. The minimum Gasteiger partial charge on any atom is -0.298 e. The lowest BCUT2D eigenvalue weighted by Crippen LogP contribution is -2.15. The monoisotopic (exact) mass is 345 g/mol. The Morgan fingerprint density at radius 3 is 2.54 bits per heavy atom. The Labute approximate surface area is 141 Å². The molecule has 122 valence electrons. The van der Waals surface area contributed by atoms with Crippen molar-refractivity contribution in [3.8, 4) is 10.4 Å². The molecule has 2 heterocycles. The summed E-state index contributed by atoms with van der Waals surface area (Å²) in [5, 5.41) is 2.74. The van der Waals surface area contributed by atoms with E-state index in [0.717, 1.165) is 34.0 Å². The summed E-state index contributed by atoms with van der Waals surface area (Å²) in [5.41, 5.74) is 1.89. The van der Waals surface area contributed by atoms with Crippen LogP contribution in [0, 0.1) is 25.5 Å². The predicted octanol–water partition coefficient (Wildman–Crippen LogP) is 4.35. The second kappa shape index (κ2) is 6.45. The first-order valence-corrected chi connectivity index (χ1v) is 7.93. The van der Waals surface area contributed by atoms with Crippen LogP contribution in [-0.4, -0.2) is 15.9 Å². The number of benzene rings is 1. The van der Waals surface area contributed by atoms with Gasteiger partial charge in [-0.25, -0.2) is 13.8 Å². The number of hydrogen-bond donors (Lipinski definition) is 1. The van der Waals surface area contributed by atoms with E-state index in [9.17, 15) is 13.6 Å². The average molecular weight is 345 g/mol. The van der Waals surface area contributed by atoms with Crippen molar-refractivity contribution in [3.05, 3.63) is 65.1 Å². The second-order valence-electron chi connectivity index (χ2n) is 5.17. The van der Waals surface area contributed by atoms with Crippen LogP contribution in [-0.2, 0) is 0 Å². The Hall–Kier alpha value is -2.67. The summed E-state index contributed by atoms with van der Waals surface area (Å²) in [5.74, 6) is -2.69. The molecular formula is C17H13F2N3OS. The third-order valence-corrected chi connectivity index (χ3v) is 4.49. The summed E-state index contributed by atoms with van der Waals surface area (Å²) in [6.45, 7) is 3.68. The zero-order valence-electron chi connectivity index (χ0n) is 12.9. The molecule has 0 spiro atoms. The lowest BCUT2D eigenvalue weighted by molar-refractivity contribution is 0.101. The maximum absolute atomic E-state index is 13.7. The molecular weight excluding hydrogens is 332 g/mol. The molecule has 3 aromatic rings. The van der Waals surface area contributed by atoms with E-state index in [1.54, 1.807) is 13.1 Å². The van der Waals surface area contributed by atoms with Crippen molar-refractivity contribution in [3.63, 3.8) is 0 Å². The van der Waals surface area contributed by atoms with Gasteiger partial charge in [0.2, 0.25) is 0 Å². The Balaban J connectivity index is 1.90. The minimum atomic E-state index is -0.911. The largest absolute Gasteiger partial charge is 0.298 e. The van der Waals surface area contributed by atoms with E-state index >= 15 is 0 Å². The number of rotatable bonds is 3. The van der Waals surface area contributed by atoms with Gasteiger partial charge >= 0.3 is 0 Å². The van der Waals surface area contributed by atoms with Crippen molar-refractivity contribution < 1.29 is 13.6 Å². The van der Waals surface area contributed by atoms with E-state index in [0.29, 0.717) is 0 Å². The standard InChI is InChI=1S/C17H13F2N3OS/c1-9-8-11(6-7-20-9)15-10(2)21-17(24-15)22-16(23)14-12(18)4-3-5-13(14)19/h3-8H,1-2H3,(H,21,22,23). The molecule has 3 rings (SSSR count). The molecule has 0 saturated carbocycles.